The van der Waals surface area contributed by atoms with Gasteiger partial charge in [0, 0.05) is 6.61 Å². The first-order valence-corrected chi connectivity index (χ1v) is 8.69. The van der Waals surface area contributed by atoms with E-state index < -0.39 is 0 Å². The van der Waals surface area contributed by atoms with Crippen molar-refractivity contribution in [3.8, 4) is 11.5 Å². The molecule has 124 valence electrons. The van der Waals surface area contributed by atoms with Crippen molar-refractivity contribution in [2.24, 2.45) is 0 Å². The molecule has 0 fully saturated rings. The Labute approximate surface area is 140 Å². The summed E-state index contributed by atoms with van der Waals surface area (Å²) >= 11 is 0. The van der Waals surface area contributed by atoms with Crippen LogP contribution >= 0.6 is 0 Å². The highest BCUT2D eigenvalue weighted by atomic mass is 16.5. The molecule has 0 spiro atoms. The zero-order valence-corrected chi connectivity index (χ0v) is 14.4. The van der Waals surface area contributed by atoms with E-state index in [1.54, 1.807) is 0 Å². The number of rotatable bonds is 10. The number of aryl methyl sites for hydroxylation is 1. The SMILES string of the molecule is CCCCCCOCCc1cc(C)ccc1Oc1ccccc1. The predicted molar refractivity (Wildman–Crippen MR) is 96.4 cm³/mol. The third kappa shape index (κ3) is 6.45. The van der Waals surface area contributed by atoms with Gasteiger partial charge < -0.3 is 9.47 Å². The summed E-state index contributed by atoms with van der Waals surface area (Å²) in [5.74, 6) is 1.80. The molecule has 23 heavy (non-hydrogen) atoms. The molecule has 0 saturated carbocycles. The number of benzene rings is 2. The van der Waals surface area contributed by atoms with Crippen LogP contribution in [-0.4, -0.2) is 13.2 Å². The summed E-state index contributed by atoms with van der Waals surface area (Å²) in [4.78, 5) is 0. The highest BCUT2D eigenvalue weighted by molar-refractivity contribution is 5.40. The molecule has 0 aliphatic heterocycles. The van der Waals surface area contributed by atoms with Gasteiger partial charge in [-0.25, -0.2) is 0 Å². The van der Waals surface area contributed by atoms with Gasteiger partial charge in [0.15, 0.2) is 0 Å². The monoisotopic (exact) mass is 312 g/mol. The first kappa shape index (κ1) is 17.6. The molecule has 0 atom stereocenters. The minimum atomic E-state index is 0.751. The van der Waals surface area contributed by atoms with Crippen molar-refractivity contribution in [1.29, 1.82) is 0 Å². The second kappa shape index (κ2) is 10.1. The zero-order valence-electron chi connectivity index (χ0n) is 14.4. The van der Waals surface area contributed by atoms with Gasteiger partial charge in [0.1, 0.15) is 11.5 Å². The minimum absolute atomic E-state index is 0.751. The van der Waals surface area contributed by atoms with Crippen LogP contribution in [0.5, 0.6) is 11.5 Å². The van der Waals surface area contributed by atoms with Crippen molar-refractivity contribution in [3.63, 3.8) is 0 Å². The van der Waals surface area contributed by atoms with Crippen LogP contribution < -0.4 is 4.74 Å². The van der Waals surface area contributed by atoms with Crippen LogP contribution in [0.2, 0.25) is 0 Å². The molecule has 2 heteroatoms. The van der Waals surface area contributed by atoms with Crippen LogP contribution in [0.1, 0.15) is 43.7 Å². The Morgan fingerprint density at radius 1 is 0.870 bits per heavy atom. The maximum Gasteiger partial charge on any atom is 0.130 e. The second-order valence-corrected chi connectivity index (χ2v) is 5.95. The quantitative estimate of drug-likeness (QED) is 0.506. The normalized spacial score (nSPS) is 10.7. The van der Waals surface area contributed by atoms with Gasteiger partial charge in [-0.05, 0) is 43.5 Å². The molecule has 2 aromatic rings. The van der Waals surface area contributed by atoms with E-state index >= 15 is 0 Å². The summed E-state index contributed by atoms with van der Waals surface area (Å²) in [5.41, 5.74) is 2.46. The largest absolute Gasteiger partial charge is 0.457 e. The molecule has 0 N–H and O–H groups in total. The Morgan fingerprint density at radius 3 is 2.48 bits per heavy atom. The van der Waals surface area contributed by atoms with Crippen molar-refractivity contribution < 1.29 is 9.47 Å². The molecule has 0 aromatic heterocycles. The molecule has 0 unspecified atom stereocenters. The molecule has 0 bridgehead atoms. The standard InChI is InChI=1S/C21H28O2/c1-3-4-5-9-15-22-16-14-19-17-18(2)12-13-21(19)23-20-10-7-6-8-11-20/h6-8,10-13,17H,3-5,9,14-16H2,1-2H3. The smallest absolute Gasteiger partial charge is 0.130 e. The number of hydrogen-bond acceptors (Lipinski definition) is 2. The van der Waals surface area contributed by atoms with E-state index in [1.807, 2.05) is 30.3 Å². The van der Waals surface area contributed by atoms with Crippen LogP contribution in [0.3, 0.4) is 0 Å². The molecule has 0 radical (unpaired) electrons. The molecular weight excluding hydrogens is 284 g/mol. The lowest BCUT2D eigenvalue weighted by molar-refractivity contribution is 0.132. The summed E-state index contributed by atoms with van der Waals surface area (Å²) in [6, 6.07) is 16.3. The third-order valence-electron chi connectivity index (χ3n) is 3.84. The van der Waals surface area contributed by atoms with E-state index in [9.17, 15) is 0 Å². The van der Waals surface area contributed by atoms with Gasteiger partial charge in [-0.1, -0.05) is 62.1 Å². The van der Waals surface area contributed by atoms with Gasteiger partial charge in [0.2, 0.25) is 0 Å². The van der Waals surface area contributed by atoms with Crippen molar-refractivity contribution in [2.45, 2.75) is 46.0 Å². The topological polar surface area (TPSA) is 18.5 Å². The van der Waals surface area contributed by atoms with Crippen molar-refractivity contribution in [2.75, 3.05) is 13.2 Å². The van der Waals surface area contributed by atoms with E-state index in [4.69, 9.17) is 9.47 Å². The van der Waals surface area contributed by atoms with E-state index in [-0.39, 0.29) is 0 Å². The van der Waals surface area contributed by atoms with Gasteiger partial charge in [-0.2, -0.15) is 0 Å². The molecule has 0 aliphatic carbocycles. The van der Waals surface area contributed by atoms with Gasteiger partial charge in [-0.3, -0.25) is 0 Å². The Balaban J connectivity index is 1.86. The fourth-order valence-electron chi connectivity index (χ4n) is 2.53. The maximum atomic E-state index is 6.02. The Kier molecular flexibility index (Phi) is 7.68. The summed E-state index contributed by atoms with van der Waals surface area (Å²) in [6.07, 6.45) is 5.88. The number of para-hydroxylation sites is 1. The van der Waals surface area contributed by atoms with Gasteiger partial charge >= 0.3 is 0 Å². The summed E-state index contributed by atoms with van der Waals surface area (Å²) in [7, 11) is 0. The average Bonchev–Trinajstić information content (AvgIpc) is 2.57. The highest BCUT2D eigenvalue weighted by Crippen LogP contribution is 2.26. The first-order valence-electron chi connectivity index (χ1n) is 8.69. The highest BCUT2D eigenvalue weighted by Gasteiger charge is 2.06. The summed E-state index contributed by atoms with van der Waals surface area (Å²) < 4.78 is 11.8. The van der Waals surface area contributed by atoms with E-state index in [0.29, 0.717) is 0 Å². The Hall–Kier alpha value is -1.80. The average molecular weight is 312 g/mol. The lowest BCUT2D eigenvalue weighted by atomic mass is 10.1. The van der Waals surface area contributed by atoms with Crippen molar-refractivity contribution in [1.82, 2.24) is 0 Å². The molecule has 2 nitrogen and oxygen atoms in total. The predicted octanol–water partition coefficient (Wildman–Crippen LogP) is 5.93. The molecule has 0 amide bonds. The zero-order chi connectivity index (χ0) is 16.3. The van der Waals surface area contributed by atoms with Crippen molar-refractivity contribution in [3.05, 3.63) is 59.7 Å². The van der Waals surface area contributed by atoms with Gasteiger partial charge in [-0.15, -0.1) is 0 Å². The Morgan fingerprint density at radius 2 is 1.70 bits per heavy atom. The lowest BCUT2D eigenvalue weighted by Gasteiger charge is -2.12. The first-order chi connectivity index (χ1) is 11.3. The van der Waals surface area contributed by atoms with Gasteiger partial charge in [0.25, 0.3) is 0 Å². The minimum Gasteiger partial charge on any atom is -0.457 e. The Bertz CT molecular complexity index is 563. The van der Waals surface area contributed by atoms with Crippen molar-refractivity contribution >= 4 is 0 Å². The molecule has 0 saturated heterocycles. The van der Waals surface area contributed by atoms with Crippen LogP contribution in [0.25, 0.3) is 0 Å². The van der Waals surface area contributed by atoms with E-state index in [1.165, 1.54) is 30.4 Å². The number of hydrogen-bond donors (Lipinski definition) is 0. The fourth-order valence-corrected chi connectivity index (χ4v) is 2.53. The third-order valence-corrected chi connectivity index (χ3v) is 3.84. The maximum absolute atomic E-state index is 6.02. The lowest BCUT2D eigenvalue weighted by Crippen LogP contribution is -2.02. The molecule has 2 aromatic carbocycles. The van der Waals surface area contributed by atoms with E-state index in [2.05, 4.69) is 32.0 Å². The van der Waals surface area contributed by atoms with Crippen LogP contribution in [0.4, 0.5) is 0 Å². The van der Waals surface area contributed by atoms with E-state index in [0.717, 1.165) is 37.6 Å². The van der Waals surface area contributed by atoms with Crippen LogP contribution in [-0.2, 0) is 11.2 Å². The number of unbranched alkanes of at least 4 members (excludes halogenated alkanes) is 3. The summed E-state index contributed by atoms with van der Waals surface area (Å²) in [5, 5.41) is 0. The molecular formula is C21H28O2. The molecule has 0 heterocycles. The molecule has 2 rings (SSSR count). The summed E-state index contributed by atoms with van der Waals surface area (Å²) in [6.45, 7) is 5.95. The van der Waals surface area contributed by atoms with Crippen LogP contribution in [0.15, 0.2) is 48.5 Å². The number of ether oxygens (including phenoxy) is 2. The van der Waals surface area contributed by atoms with Crippen LogP contribution in [0, 0.1) is 6.92 Å². The van der Waals surface area contributed by atoms with Gasteiger partial charge in [0.05, 0.1) is 6.61 Å². The second-order valence-electron chi connectivity index (χ2n) is 5.95. The fraction of sp³-hybridized carbons (Fsp3) is 0.429. The molecule has 0 aliphatic rings.